The fourth-order valence-corrected chi connectivity index (χ4v) is 15.9. The molecule has 2 amide bonds. The number of rotatable bonds is 10. The quantitative estimate of drug-likeness (QED) is 0.112. The van der Waals surface area contributed by atoms with Gasteiger partial charge in [-0.15, -0.1) is 0 Å². The third-order valence-electron chi connectivity index (χ3n) is 18.6. The van der Waals surface area contributed by atoms with Crippen molar-refractivity contribution in [2.75, 3.05) is 30.5 Å². The van der Waals surface area contributed by atoms with Gasteiger partial charge in [-0.25, -0.2) is 9.59 Å². The van der Waals surface area contributed by atoms with Crippen molar-refractivity contribution in [3.05, 3.63) is 56.5 Å². The normalized spacial score (nSPS) is 44.2. The first-order chi connectivity index (χ1) is 35.7. The molecule has 18 nitrogen and oxygen atoms in total. The van der Waals surface area contributed by atoms with Crippen molar-refractivity contribution in [2.24, 2.45) is 52.3 Å². The SMILES string of the molecule is C[C@@H]1CC[C@@]2(OC1)O[C@H]1C[C@H]3[C@@H]4CC[C@H]5C[C@@H](O[C@@H]6O[C@H](CO)[C@@H](O[C@@H]7O[C@H](COC(=O)Nc8c(Cl)cccc8Cl)[C@@H](OC(=O)Nc8c(Cl)cccc8Cl)[C@H](O)[C@H]7O)[C@H](O)[C@H]6O)CC[C@]5(C)[C@H]4C(=O)C[C@]3(C)[C@H]1[C@@H]2C. The first-order valence-corrected chi connectivity index (χ1v) is 27.8. The fraction of sp³-hybridized carbons (Fsp3) is 0.717. The minimum absolute atomic E-state index is 0.0167. The number of benzene rings is 2. The first-order valence-electron chi connectivity index (χ1n) is 26.2. The maximum atomic E-state index is 14.7. The molecule has 0 aromatic heterocycles. The smallest absolute Gasteiger partial charge is 0.412 e. The van der Waals surface area contributed by atoms with E-state index in [1.165, 1.54) is 24.3 Å². The molecule has 4 saturated heterocycles. The van der Waals surface area contributed by atoms with Gasteiger partial charge in [0, 0.05) is 24.7 Å². The van der Waals surface area contributed by atoms with Gasteiger partial charge in [-0.1, -0.05) is 86.2 Å². The molecule has 75 heavy (non-hydrogen) atoms. The number of amides is 2. The number of nitrogens with one attached hydrogen (secondary N) is 2. The molecule has 1 spiro atoms. The minimum atomic E-state index is -2.01. The summed E-state index contributed by atoms with van der Waals surface area (Å²) in [6.07, 6.45) is -12.5. The maximum absolute atomic E-state index is 14.7. The molecule has 4 heterocycles. The lowest BCUT2D eigenvalue weighted by Gasteiger charge is -2.60. The number of hydrogen-bond donors (Lipinski definition) is 7. The Morgan fingerprint density at radius 3 is 1.99 bits per heavy atom. The van der Waals surface area contributed by atoms with E-state index in [2.05, 4.69) is 38.3 Å². The Hall–Kier alpha value is -2.63. The van der Waals surface area contributed by atoms with Gasteiger partial charge in [-0.05, 0) is 110 Å². The second-order valence-electron chi connectivity index (χ2n) is 22.9. The van der Waals surface area contributed by atoms with Gasteiger partial charge >= 0.3 is 12.2 Å². The van der Waals surface area contributed by atoms with Crippen LogP contribution in [0.3, 0.4) is 0 Å². The number of ether oxygens (including phenoxy) is 8. The van der Waals surface area contributed by atoms with Gasteiger partial charge in [0.1, 0.15) is 55.1 Å². The van der Waals surface area contributed by atoms with Crippen molar-refractivity contribution in [3.8, 4) is 0 Å². The molecular weight excluding hydrogens is 1060 g/mol. The summed E-state index contributed by atoms with van der Waals surface area (Å²) >= 11 is 24.9. The lowest BCUT2D eigenvalue weighted by atomic mass is 9.44. The molecule has 7 N–H and O–H groups in total. The standard InChI is InChI=1S/C53H68Cl4N2O16/c1-23-13-16-53(69-21-23)24(2)37-34(75-53)18-28-27-12-11-25-17-26(14-15-51(25,3)38(27)33(61)19-52(28,37)4)70-47-43(64)41(62)45(35(20-60)71-47)73-48-44(65)42(63)46(74-50(67)59-40-31(56)9-6-10-32(40)57)36(72-48)22-68-49(66)58-39-29(54)7-5-8-30(39)55/h5-10,23-28,34-38,41-48,60,62-65H,11-22H2,1-4H3,(H,58,66)(H,59,67)/t23-,24+,25+,26+,27+,28+,34+,35-,36-,37+,38-,41-,42-,43-,44-,45-,46-,47-,48+,51+,52+,53-/m1/s1. The van der Waals surface area contributed by atoms with E-state index < -0.39 is 98.7 Å². The van der Waals surface area contributed by atoms with Crippen molar-refractivity contribution < 1.29 is 77.8 Å². The van der Waals surface area contributed by atoms with E-state index in [0.29, 0.717) is 49.9 Å². The molecule has 0 bridgehead atoms. The van der Waals surface area contributed by atoms with Crippen LogP contribution in [-0.4, -0.2) is 143 Å². The van der Waals surface area contributed by atoms with Crippen LogP contribution in [-0.2, 0) is 42.7 Å². The zero-order chi connectivity index (χ0) is 53.5. The van der Waals surface area contributed by atoms with E-state index in [0.717, 1.165) is 32.1 Å². The van der Waals surface area contributed by atoms with Crippen LogP contribution >= 0.6 is 46.4 Å². The summed E-state index contributed by atoms with van der Waals surface area (Å²) in [5.74, 6) is 1.46. The number of fused-ring (bicyclic) bond motifs is 7. The van der Waals surface area contributed by atoms with Crippen LogP contribution in [0.15, 0.2) is 36.4 Å². The highest BCUT2D eigenvalue weighted by Crippen LogP contribution is 2.71. The average Bonchev–Trinajstić information content (AvgIpc) is 3.81. The van der Waals surface area contributed by atoms with E-state index in [1.807, 2.05) is 0 Å². The third kappa shape index (κ3) is 10.2. The molecule has 4 saturated carbocycles. The van der Waals surface area contributed by atoms with E-state index in [-0.39, 0.29) is 78.0 Å². The lowest BCUT2D eigenvalue weighted by Crippen LogP contribution is -2.65. The minimum Gasteiger partial charge on any atom is -0.446 e. The predicted octanol–water partition coefficient (Wildman–Crippen LogP) is 7.75. The Morgan fingerprint density at radius 2 is 1.36 bits per heavy atom. The summed E-state index contributed by atoms with van der Waals surface area (Å²) in [6.45, 7) is 8.33. The van der Waals surface area contributed by atoms with Crippen molar-refractivity contribution in [1.82, 2.24) is 0 Å². The van der Waals surface area contributed by atoms with Crippen molar-refractivity contribution in [1.29, 1.82) is 0 Å². The van der Waals surface area contributed by atoms with E-state index >= 15 is 0 Å². The summed E-state index contributed by atoms with van der Waals surface area (Å²) in [6, 6.07) is 9.00. The molecule has 8 fully saturated rings. The maximum Gasteiger partial charge on any atom is 0.412 e. The van der Waals surface area contributed by atoms with Gasteiger partial charge in [-0.2, -0.15) is 0 Å². The number of carbonyl (C=O) groups excluding carboxylic acids is 3. The summed E-state index contributed by atoms with van der Waals surface area (Å²) in [4.78, 5) is 41.0. The molecule has 22 heteroatoms. The van der Waals surface area contributed by atoms with Crippen LogP contribution in [0.5, 0.6) is 0 Å². The zero-order valence-corrected chi connectivity index (χ0v) is 45.2. The largest absolute Gasteiger partial charge is 0.446 e. The summed E-state index contributed by atoms with van der Waals surface area (Å²) in [5.41, 5.74) is -0.401. The van der Waals surface area contributed by atoms with Crippen molar-refractivity contribution in [2.45, 2.75) is 165 Å². The molecule has 2 aromatic carbocycles. The summed E-state index contributed by atoms with van der Waals surface area (Å²) in [5, 5.41) is 61.9. The Labute approximate surface area is 455 Å². The van der Waals surface area contributed by atoms with Gasteiger partial charge in [-0.3, -0.25) is 15.4 Å². The Kier molecular flexibility index (Phi) is 16.2. The number of aliphatic hydroxyl groups is 5. The second-order valence-corrected chi connectivity index (χ2v) is 24.6. The van der Waals surface area contributed by atoms with E-state index in [1.54, 1.807) is 12.1 Å². The Balaban J connectivity index is 0.781. The molecule has 10 rings (SSSR count). The highest BCUT2D eigenvalue weighted by molar-refractivity contribution is 6.40. The average molecular weight is 1130 g/mol. The van der Waals surface area contributed by atoms with Gasteiger partial charge in [0.15, 0.2) is 24.5 Å². The second kappa shape index (κ2) is 21.8. The van der Waals surface area contributed by atoms with Crippen LogP contribution in [0.25, 0.3) is 0 Å². The first kappa shape index (κ1) is 55.7. The lowest BCUT2D eigenvalue weighted by molar-refractivity contribution is -0.363. The number of anilines is 2. The number of para-hydroxylation sites is 2. The summed E-state index contributed by atoms with van der Waals surface area (Å²) < 4.78 is 48.9. The number of carbonyl (C=O) groups is 3. The zero-order valence-electron chi connectivity index (χ0n) is 42.2. The molecule has 0 unspecified atom stereocenters. The van der Waals surface area contributed by atoms with Gasteiger partial charge in [0.2, 0.25) is 0 Å². The topological polar surface area (TPSA) is 250 Å². The Morgan fingerprint density at radius 1 is 0.747 bits per heavy atom. The fourth-order valence-electron chi connectivity index (χ4n) is 14.9. The van der Waals surface area contributed by atoms with Crippen LogP contribution in [0.2, 0.25) is 20.1 Å². The monoisotopic (exact) mass is 1130 g/mol. The number of hydrogen-bond acceptors (Lipinski definition) is 16. The Bertz CT molecular complexity index is 2410. The van der Waals surface area contributed by atoms with E-state index in [9.17, 15) is 39.9 Å². The molecule has 22 atom stereocenters. The molecular formula is C53H68Cl4N2O16. The molecule has 8 aliphatic rings. The van der Waals surface area contributed by atoms with Crippen LogP contribution in [0.4, 0.5) is 21.0 Å². The summed E-state index contributed by atoms with van der Waals surface area (Å²) in [7, 11) is 0. The van der Waals surface area contributed by atoms with Crippen molar-refractivity contribution in [3.63, 3.8) is 0 Å². The molecule has 414 valence electrons. The van der Waals surface area contributed by atoms with Gasteiger partial charge in [0.25, 0.3) is 0 Å². The highest BCUT2D eigenvalue weighted by atomic mass is 35.5. The number of ketones is 1. The molecule has 0 radical (unpaired) electrons. The number of halogens is 4. The van der Waals surface area contributed by atoms with Crippen LogP contribution in [0, 0.1) is 52.3 Å². The molecule has 2 aromatic rings. The van der Waals surface area contributed by atoms with Gasteiger partial charge in [0.05, 0.1) is 56.9 Å². The van der Waals surface area contributed by atoms with Crippen LogP contribution < -0.4 is 10.6 Å². The predicted molar refractivity (Wildman–Crippen MR) is 272 cm³/mol. The highest BCUT2D eigenvalue weighted by Gasteiger charge is 2.71. The van der Waals surface area contributed by atoms with Crippen LogP contribution in [0.1, 0.15) is 85.5 Å². The molecule has 4 aliphatic carbocycles. The van der Waals surface area contributed by atoms with Crippen molar-refractivity contribution >= 4 is 75.7 Å². The number of Topliss-reactive ketones (excluding diaryl/α,β-unsaturated/α-hetero) is 1. The third-order valence-corrected chi connectivity index (χ3v) is 19.9. The molecule has 4 aliphatic heterocycles. The van der Waals surface area contributed by atoms with Gasteiger partial charge < -0.3 is 63.4 Å². The number of aliphatic hydroxyl groups excluding tert-OH is 5. The van der Waals surface area contributed by atoms with E-state index in [4.69, 9.17) is 84.3 Å².